The SMILES string of the molecule is Cc1cc2ncc3c(n2n1)C[C@@H]1CC[C@@H]3N1C(=O)[C@]1(C)CCCO1. The lowest BCUT2D eigenvalue weighted by Gasteiger charge is -2.40. The van der Waals surface area contributed by atoms with Gasteiger partial charge in [-0.2, -0.15) is 5.10 Å². The highest BCUT2D eigenvalue weighted by molar-refractivity contribution is 5.86. The lowest BCUT2D eigenvalue weighted by atomic mass is 9.94. The highest BCUT2D eigenvalue weighted by Crippen LogP contribution is 2.45. The van der Waals surface area contributed by atoms with Crippen molar-refractivity contribution in [1.82, 2.24) is 19.5 Å². The van der Waals surface area contributed by atoms with Crippen molar-refractivity contribution in [2.75, 3.05) is 6.61 Å². The van der Waals surface area contributed by atoms with E-state index in [1.807, 2.05) is 30.6 Å². The van der Waals surface area contributed by atoms with E-state index in [-0.39, 0.29) is 18.0 Å². The maximum absolute atomic E-state index is 13.2. The third-order valence-electron chi connectivity index (χ3n) is 5.93. The van der Waals surface area contributed by atoms with E-state index in [4.69, 9.17) is 4.74 Å². The number of rotatable bonds is 1. The van der Waals surface area contributed by atoms with Gasteiger partial charge in [0.2, 0.25) is 0 Å². The largest absolute Gasteiger partial charge is 0.365 e. The number of aryl methyl sites for hydroxylation is 1. The minimum atomic E-state index is -0.641. The Morgan fingerprint density at radius 2 is 2.29 bits per heavy atom. The first-order valence-corrected chi connectivity index (χ1v) is 8.88. The fourth-order valence-electron chi connectivity index (χ4n) is 4.73. The lowest BCUT2D eigenvalue weighted by molar-refractivity contribution is -0.154. The molecule has 0 N–H and O–H groups in total. The van der Waals surface area contributed by atoms with Crippen molar-refractivity contribution < 1.29 is 9.53 Å². The van der Waals surface area contributed by atoms with Gasteiger partial charge >= 0.3 is 0 Å². The van der Waals surface area contributed by atoms with Crippen LogP contribution in [0.4, 0.5) is 0 Å². The summed E-state index contributed by atoms with van der Waals surface area (Å²) >= 11 is 0. The van der Waals surface area contributed by atoms with E-state index >= 15 is 0 Å². The van der Waals surface area contributed by atoms with Gasteiger partial charge in [-0.05, 0) is 39.5 Å². The molecule has 6 heteroatoms. The number of hydrogen-bond acceptors (Lipinski definition) is 4. The molecule has 3 aliphatic heterocycles. The van der Waals surface area contributed by atoms with E-state index in [0.717, 1.165) is 49.0 Å². The predicted octanol–water partition coefficient (Wildman–Crippen LogP) is 2.20. The van der Waals surface area contributed by atoms with Crippen molar-refractivity contribution >= 4 is 11.6 Å². The Hall–Kier alpha value is -1.95. The zero-order valence-corrected chi connectivity index (χ0v) is 14.2. The molecule has 126 valence electrons. The molecule has 2 bridgehead atoms. The molecule has 2 aromatic rings. The van der Waals surface area contributed by atoms with E-state index < -0.39 is 5.60 Å². The Morgan fingerprint density at radius 1 is 1.42 bits per heavy atom. The van der Waals surface area contributed by atoms with Crippen LogP contribution < -0.4 is 0 Å². The topological polar surface area (TPSA) is 59.7 Å². The molecule has 0 unspecified atom stereocenters. The summed E-state index contributed by atoms with van der Waals surface area (Å²) in [6.45, 7) is 4.64. The van der Waals surface area contributed by atoms with Crippen LogP contribution in [0.2, 0.25) is 0 Å². The number of aromatic nitrogens is 3. The minimum absolute atomic E-state index is 0.119. The van der Waals surface area contributed by atoms with Crippen LogP contribution in [0.5, 0.6) is 0 Å². The predicted molar refractivity (Wildman–Crippen MR) is 87.6 cm³/mol. The second-order valence-corrected chi connectivity index (χ2v) is 7.56. The van der Waals surface area contributed by atoms with Gasteiger partial charge in [0.15, 0.2) is 5.65 Å². The molecule has 0 spiro atoms. The van der Waals surface area contributed by atoms with Crippen LogP contribution in [0.25, 0.3) is 5.65 Å². The van der Waals surface area contributed by atoms with Crippen molar-refractivity contribution in [1.29, 1.82) is 0 Å². The van der Waals surface area contributed by atoms with Crippen molar-refractivity contribution in [2.24, 2.45) is 0 Å². The molecule has 3 aliphatic rings. The van der Waals surface area contributed by atoms with Crippen molar-refractivity contribution in [3.8, 4) is 0 Å². The highest BCUT2D eigenvalue weighted by Gasteiger charge is 2.50. The number of carbonyl (C=O) groups is 1. The summed E-state index contributed by atoms with van der Waals surface area (Å²) in [5, 5.41) is 4.61. The molecule has 0 radical (unpaired) electrons. The highest BCUT2D eigenvalue weighted by atomic mass is 16.5. The molecule has 2 fully saturated rings. The molecule has 2 aromatic heterocycles. The molecule has 0 saturated carbocycles. The first-order chi connectivity index (χ1) is 11.6. The fraction of sp³-hybridized carbons (Fsp3) is 0.611. The number of amides is 1. The van der Waals surface area contributed by atoms with Crippen LogP contribution in [-0.2, 0) is 16.0 Å². The summed E-state index contributed by atoms with van der Waals surface area (Å²) in [7, 11) is 0. The summed E-state index contributed by atoms with van der Waals surface area (Å²) in [4.78, 5) is 19.9. The van der Waals surface area contributed by atoms with Crippen LogP contribution in [0, 0.1) is 6.92 Å². The third kappa shape index (κ3) is 1.83. The van der Waals surface area contributed by atoms with E-state index in [2.05, 4.69) is 15.0 Å². The molecule has 6 nitrogen and oxygen atoms in total. The molecular formula is C18H22N4O2. The van der Waals surface area contributed by atoms with Gasteiger partial charge in [-0.25, -0.2) is 9.50 Å². The summed E-state index contributed by atoms with van der Waals surface area (Å²) in [5.74, 6) is 0.162. The van der Waals surface area contributed by atoms with Gasteiger partial charge in [-0.3, -0.25) is 4.79 Å². The first-order valence-electron chi connectivity index (χ1n) is 8.88. The smallest absolute Gasteiger partial charge is 0.255 e. The molecule has 24 heavy (non-hydrogen) atoms. The quantitative estimate of drug-likeness (QED) is 0.806. The molecule has 5 heterocycles. The van der Waals surface area contributed by atoms with Crippen LogP contribution in [0.3, 0.4) is 0 Å². The van der Waals surface area contributed by atoms with Gasteiger partial charge in [0.05, 0.1) is 17.4 Å². The second-order valence-electron chi connectivity index (χ2n) is 7.56. The monoisotopic (exact) mass is 326 g/mol. The zero-order valence-electron chi connectivity index (χ0n) is 14.2. The van der Waals surface area contributed by atoms with E-state index in [1.165, 1.54) is 5.69 Å². The number of fused-ring (bicyclic) bond motifs is 6. The molecule has 1 amide bonds. The number of nitrogens with zero attached hydrogens (tertiary/aromatic N) is 4. The maximum Gasteiger partial charge on any atom is 0.255 e. The lowest BCUT2D eigenvalue weighted by Crippen LogP contribution is -2.52. The Kier molecular flexibility index (Phi) is 2.87. The van der Waals surface area contributed by atoms with Gasteiger partial charge < -0.3 is 9.64 Å². The average molecular weight is 326 g/mol. The van der Waals surface area contributed by atoms with Crippen LogP contribution in [0.15, 0.2) is 12.3 Å². The summed E-state index contributed by atoms with van der Waals surface area (Å²) in [6.07, 6.45) is 6.65. The standard InChI is InChI=1S/C18H22N4O2/c1-11-8-16-19-10-13-14-5-4-12(9-15(13)22(16)20-11)21(14)17(23)18(2)6-3-7-24-18/h8,10,12,14H,3-7,9H2,1-2H3/t12-,14-,18-/m0/s1. The molecule has 2 saturated heterocycles. The van der Waals surface area contributed by atoms with Crippen molar-refractivity contribution in [3.63, 3.8) is 0 Å². The Labute approximate surface area is 140 Å². The number of hydrogen-bond donors (Lipinski definition) is 0. The van der Waals surface area contributed by atoms with E-state index in [1.54, 1.807) is 0 Å². The maximum atomic E-state index is 13.2. The first kappa shape index (κ1) is 14.4. The van der Waals surface area contributed by atoms with Gasteiger partial charge in [0.1, 0.15) is 5.60 Å². The fourth-order valence-corrected chi connectivity index (χ4v) is 4.73. The number of carbonyl (C=O) groups excluding carboxylic acids is 1. The van der Waals surface area contributed by atoms with E-state index in [0.29, 0.717) is 6.61 Å². The molecule has 3 atom stereocenters. The molecular weight excluding hydrogens is 304 g/mol. The average Bonchev–Trinajstić information content (AvgIpc) is 3.24. The molecule has 0 aliphatic carbocycles. The Bertz CT molecular complexity index is 837. The van der Waals surface area contributed by atoms with Crippen molar-refractivity contribution in [2.45, 2.75) is 63.6 Å². The molecule has 0 aromatic carbocycles. The van der Waals surface area contributed by atoms with Gasteiger partial charge in [0.25, 0.3) is 5.91 Å². The zero-order chi connectivity index (χ0) is 16.5. The summed E-state index contributed by atoms with van der Waals surface area (Å²) in [6, 6.07) is 2.38. The van der Waals surface area contributed by atoms with Gasteiger partial charge in [-0.1, -0.05) is 0 Å². The van der Waals surface area contributed by atoms with Gasteiger partial charge in [0, 0.05) is 36.9 Å². The van der Waals surface area contributed by atoms with Crippen LogP contribution in [-0.4, -0.2) is 43.7 Å². The Balaban J connectivity index is 1.58. The second kappa shape index (κ2) is 4.79. The van der Waals surface area contributed by atoms with Crippen molar-refractivity contribution in [3.05, 3.63) is 29.2 Å². The third-order valence-corrected chi connectivity index (χ3v) is 5.93. The van der Waals surface area contributed by atoms with Gasteiger partial charge in [-0.15, -0.1) is 0 Å². The summed E-state index contributed by atoms with van der Waals surface area (Å²) in [5.41, 5.74) is 3.62. The normalized spacial score (nSPS) is 31.7. The summed E-state index contributed by atoms with van der Waals surface area (Å²) < 4.78 is 7.79. The van der Waals surface area contributed by atoms with E-state index in [9.17, 15) is 4.79 Å². The number of ether oxygens (including phenoxy) is 1. The Morgan fingerprint density at radius 3 is 3.08 bits per heavy atom. The minimum Gasteiger partial charge on any atom is -0.365 e. The van der Waals surface area contributed by atoms with Crippen LogP contribution >= 0.6 is 0 Å². The van der Waals surface area contributed by atoms with Crippen LogP contribution in [0.1, 0.15) is 55.6 Å². The molecule has 5 rings (SSSR count).